The van der Waals surface area contributed by atoms with E-state index in [2.05, 4.69) is 40.8 Å². The number of hydrogen-bond acceptors (Lipinski definition) is 3. The van der Waals surface area contributed by atoms with Crippen LogP contribution in [0, 0.1) is 5.41 Å². The molecule has 1 aliphatic heterocycles. The Morgan fingerprint density at radius 1 is 1.24 bits per heavy atom. The van der Waals surface area contributed by atoms with E-state index >= 15 is 0 Å². The number of primary amides is 1. The van der Waals surface area contributed by atoms with Crippen LogP contribution in [0.4, 0.5) is 0 Å². The van der Waals surface area contributed by atoms with Crippen LogP contribution in [0.2, 0.25) is 0 Å². The average molecular weight is 395 g/mol. The highest BCUT2D eigenvalue weighted by Gasteiger charge is 2.50. The summed E-state index contributed by atoms with van der Waals surface area (Å²) in [7, 11) is 1.99. The molecule has 1 aromatic heterocycles. The summed E-state index contributed by atoms with van der Waals surface area (Å²) < 4.78 is 2.27. The Balaban J connectivity index is 1.95. The van der Waals surface area contributed by atoms with Crippen LogP contribution in [0.25, 0.3) is 16.5 Å². The molecule has 29 heavy (non-hydrogen) atoms. The molecule has 1 aliphatic carbocycles. The van der Waals surface area contributed by atoms with Crippen molar-refractivity contribution < 1.29 is 9.59 Å². The Kier molecular flexibility index (Phi) is 4.77. The van der Waals surface area contributed by atoms with Gasteiger partial charge in [-0.15, -0.1) is 0 Å². The van der Waals surface area contributed by atoms with Gasteiger partial charge in [-0.25, -0.2) is 0 Å². The van der Waals surface area contributed by atoms with Crippen LogP contribution >= 0.6 is 0 Å². The van der Waals surface area contributed by atoms with Gasteiger partial charge in [-0.3, -0.25) is 14.5 Å². The first-order chi connectivity index (χ1) is 13.9. The average Bonchev–Trinajstić information content (AvgIpc) is 3.08. The number of aryl methyl sites for hydroxylation is 1. The fourth-order valence-electron chi connectivity index (χ4n) is 5.15. The zero-order valence-electron chi connectivity index (χ0n) is 17.7. The summed E-state index contributed by atoms with van der Waals surface area (Å²) in [6.07, 6.45) is 5.01. The molecule has 0 radical (unpaired) electrons. The second-order valence-electron chi connectivity index (χ2n) is 8.19. The Morgan fingerprint density at radius 3 is 2.59 bits per heavy atom. The third-order valence-corrected chi connectivity index (χ3v) is 6.71. The van der Waals surface area contributed by atoms with Crippen LogP contribution in [0.15, 0.2) is 30.5 Å². The van der Waals surface area contributed by atoms with Gasteiger partial charge in [-0.1, -0.05) is 18.2 Å². The summed E-state index contributed by atoms with van der Waals surface area (Å²) in [5.74, 6) is -0.770. The molecule has 0 spiro atoms. The molecule has 154 valence electrons. The largest absolute Gasteiger partial charge is 0.368 e. The highest BCUT2D eigenvalue weighted by Crippen LogP contribution is 2.44. The van der Waals surface area contributed by atoms with Crippen molar-refractivity contribution in [1.29, 1.82) is 0 Å². The second-order valence-corrected chi connectivity index (χ2v) is 8.19. The molecule has 4 rings (SSSR count). The molecule has 2 amide bonds. The van der Waals surface area contributed by atoms with E-state index in [4.69, 9.17) is 5.73 Å². The number of nitrogens with two attached hydrogens (primary N) is 1. The number of likely N-dealkylation sites (N-methyl/N-ethyl adjacent to an activating group) is 1. The van der Waals surface area contributed by atoms with Crippen molar-refractivity contribution >= 4 is 28.3 Å². The predicted molar refractivity (Wildman–Crippen MR) is 115 cm³/mol. The fourth-order valence-corrected chi connectivity index (χ4v) is 5.15. The van der Waals surface area contributed by atoms with Crippen molar-refractivity contribution in [3.05, 3.63) is 41.6 Å². The molecule has 0 saturated heterocycles. The van der Waals surface area contributed by atoms with E-state index in [1.807, 2.05) is 27.0 Å². The summed E-state index contributed by atoms with van der Waals surface area (Å²) in [6, 6.07) is 6.44. The Morgan fingerprint density at radius 2 is 1.97 bits per heavy atom. The summed E-state index contributed by atoms with van der Waals surface area (Å²) in [5, 5.41) is 1.24. The van der Waals surface area contributed by atoms with Crippen molar-refractivity contribution in [2.45, 2.75) is 39.8 Å². The highest BCUT2D eigenvalue weighted by atomic mass is 16.2. The molecule has 1 aromatic carbocycles. The van der Waals surface area contributed by atoms with Gasteiger partial charge in [0.05, 0.1) is 0 Å². The van der Waals surface area contributed by atoms with Crippen LogP contribution in [0.1, 0.15) is 31.9 Å². The van der Waals surface area contributed by atoms with Crippen molar-refractivity contribution in [1.82, 2.24) is 14.4 Å². The number of fused-ring (bicyclic) bond motifs is 2. The molecule has 2 N–H and O–H groups in total. The summed E-state index contributed by atoms with van der Waals surface area (Å²) in [5.41, 5.74) is 9.25. The minimum atomic E-state index is -1.33. The maximum absolute atomic E-state index is 13.4. The van der Waals surface area contributed by atoms with Gasteiger partial charge < -0.3 is 15.2 Å². The molecule has 2 atom stereocenters. The summed E-state index contributed by atoms with van der Waals surface area (Å²) in [4.78, 5) is 30.0. The molecule has 0 bridgehead atoms. The van der Waals surface area contributed by atoms with E-state index < -0.39 is 11.3 Å². The van der Waals surface area contributed by atoms with Crippen molar-refractivity contribution in [2.24, 2.45) is 11.1 Å². The van der Waals surface area contributed by atoms with Crippen LogP contribution in [-0.2, 0) is 22.6 Å². The van der Waals surface area contributed by atoms with E-state index in [1.54, 1.807) is 4.90 Å². The molecule has 6 nitrogen and oxygen atoms in total. The lowest BCUT2D eigenvalue weighted by atomic mass is 9.73. The normalized spacial score (nSPS) is 23.6. The predicted octanol–water partition coefficient (Wildman–Crippen LogP) is 2.25. The second kappa shape index (κ2) is 7.02. The number of nitrogens with zero attached hydrogens (tertiary/aromatic N) is 3. The first-order valence-corrected chi connectivity index (χ1v) is 10.5. The lowest BCUT2D eigenvalue weighted by molar-refractivity contribution is -0.147. The molecule has 2 heterocycles. The Hall–Kier alpha value is -2.60. The number of hydrogen-bond donors (Lipinski definition) is 1. The molecule has 0 fully saturated rings. The van der Waals surface area contributed by atoms with Crippen LogP contribution in [0.5, 0.6) is 0 Å². The molecular formula is C23H30N4O2. The van der Waals surface area contributed by atoms with Crippen LogP contribution < -0.4 is 5.73 Å². The van der Waals surface area contributed by atoms with E-state index in [-0.39, 0.29) is 11.9 Å². The smallest absolute Gasteiger partial charge is 0.243 e. The molecule has 0 unspecified atom stereocenters. The summed E-state index contributed by atoms with van der Waals surface area (Å²) >= 11 is 0. The van der Waals surface area contributed by atoms with Crippen LogP contribution in [-0.4, -0.2) is 58.9 Å². The number of benzene rings is 1. The third-order valence-electron chi connectivity index (χ3n) is 6.71. The minimum absolute atomic E-state index is 0.137. The lowest BCUT2D eigenvalue weighted by Crippen LogP contribution is -2.59. The van der Waals surface area contributed by atoms with Gasteiger partial charge >= 0.3 is 0 Å². The van der Waals surface area contributed by atoms with Gasteiger partial charge in [-0.2, -0.15) is 0 Å². The van der Waals surface area contributed by atoms with Gasteiger partial charge in [0, 0.05) is 49.3 Å². The lowest BCUT2D eigenvalue weighted by Gasteiger charge is -2.44. The van der Waals surface area contributed by atoms with E-state index in [1.165, 1.54) is 16.5 Å². The number of carbonyl (C=O) groups excluding carboxylic acids is 2. The van der Waals surface area contributed by atoms with E-state index in [9.17, 15) is 9.59 Å². The SMILES string of the molecule is CCN(CC)C(=O)[C@]1(C(N)=O)C=C2c3cccc4c3c(cn4CC)C[C@H]2N(C)C1. The molecule has 6 heteroatoms. The van der Waals surface area contributed by atoms with Gasteiger partial charge in [0.25, 0.3) is 0 Å². The maximum Gasteiger partial charge on any atom is 0.243 e. The standard InChI is InChI=1S/C23H30N4O2/c1-5-26(6-2)22(29)23(21(24)28)12-17-16-9-8-10-18-20(16)15(13-27(18)7-3)11-19(17)25(4)14-23/h8-10,12-13,19H,5-7,11,14H2,1-4H3,(H2,24,28)/t19-,23-/m1/s1. The highest BCUT2D eigenvalue weighted by molar-refractivity contribution is 6.10. The van der Waals surface area contributed by atoms with Gasteiger partial charge in [0.15, 0.2) is 5.41 Å². The number of rotatable bonds is 5. The molecule has 2 aliphatic rings. The molecule has 2 aromatic rings. The molecular weight excluding hydrogens is 364 g/mol. The summed E-state index contributed by atoms with van der Waals surface area (Å²) in [6.45, 7) is 8.34. The zero-order chi connectivity index (χ0) is 20.9. The van der Waals surface area contributed by atoms with Crippen LogP contribution in [0.3, 0.4) is 0 Å². The van der Waals surface area contributed by atoms with Gasteiger partial charge in [-0.05, 0) is 57.0 Å². The van der Waals surface area contributed by atoms with E-state index in [0.717, 1.165) is 24.1 Å². The third kappa shape index (κ3) is 2.73. The quantitative estimate of drug-likeness (QED) is 0.791. The fraction of sp³-hybridized carbons (Fsp3) is 0.478. The monoisotopic (exact) mass is 394 g/mol. The zero-order valence-corrected chi connectivity index (χ0v) is 17.7. The minimum Gasteiger partial charge on any atom is -0.368 e. The van der Waals surface area contributed by atoms with Crippen molar-refractivity contribution in [2.75, 3.05) is 26.7 Å². The first-order valence-electron chi connectivity index (χ1n) is 10.5. The first kappa shape index (κ1) is 19.7. The van der Waals surface area contributed by atoms with Crippen molar-refractivity contribution in [3.8, 4) is 0 Å². The number of aromatic nitrogens is 1. The van der Waals surface area contributed by atoms with Gasteiger partial charge in [0.2, 0.25) is 11.8 Å². The molecule has 0 saturated carbocycles. The van der Waals surface area contributed by atoms with Crippen molar-refractivity contribution in [3.63, 3.8) is 0 Å². The Labute approximate surface area is 171 Å². The topological polar surface area (TPSA) is 71.6 Å². The van der Waals surface area contributed by atoms with Gasteiger partial charge in [0.1, 0.15) is 0 Å². The number of amides is 2. The Bertz CT molecular complexity index is 1020. The number of carbonyl (C=O) groups is 2. The maximum atomic E-state index is 13.4. The van der Waals surface area contributed by atoms with E-state index in [0.29, 0.717) is 19.6 Å².